The van der Waals surface area contributed by atoms with Crippen LogP contribution in [0.2, 0.25) is 0 Å². The number of rotatable bonds is 3. The zero-order valence-corrected chi connectivity index (χ0v) is 11.2. The molecule has 2 heterocycles. The smallest absolute Gasteiger partial charge is 0.358 e. The summed E-state index contributed by atoms with van der Waals surface area (Å²) in [7, 11) is 1.29. The van der Waals surface area contributed by atoms with E-state index in [9.17, 15) is 9.59 Å². The minimum absolute atomic E-state index is 0.135. The second-order valence-electron chi connectivity index (χ2n) is 4.19. The van der Waals surface area contributed by atoms with Gasteiger partial charge >= 0.3 is 5.97 Å². The highest BCUT2D eigenvalue weighted by Crippen LogP contribution is 2.31. The molecule has 98 valence electrons. The highest BCUT2D eigenvalue weighted by molar-refractivity contribution is 7.14. The van der Waals surface area contributed by atoms with E-state index in [1.54, 1.807) is 0 Å². The largest absolute Gasteiger partial charge is 0.464 e. The second-order valence-corrected chi connectivity index (χ2v) is 5.22. The van der Waals surface area contributed by atoms with Crippen molar-refractivity contribution in [3.05, 3.63) is 15.6 Å². The molecular weight excluding hydrogens is 254 g/mol. The summed E-state index contributed by atoms with van der Waals surface area (Å²) in [5, 5.41) is 0.792. The van der Waals surface area contributed by atoms with Gasteiger partial charge in [-0.2, -0.15) is 0 Å². The number of hydrogen-bond donors (Lipinski definition) is 0. The Bertz CT molecular complexity index is 463. The lowest BCUT2D eigenvalue weighted by atomic mass is 10.0. The van der Waals surface area contributed by atoms with E-state index in [-0.39, 0.29) is 17.4 Å². The van der Waals surface area contributed by atoms with Gasteiger partial charge in [-0.1, -0.05) is 0 Å². The number of aromatic nitrogens is 1. The maximum atomic E-state index is 11.6. The van der Waals surface area contributed by atoms with Gasteiger partial charge in [-0.15, -0.1) is 11.3 Å². The lowest BCUT2D eigenvalue weighted by Crippen LogP contribution is -2.15. The molecule has 0 N–H and O–H groups in total. The van der Waals surface area contributed by atoms with Crippen LogP contribution in [0.25, 0.3) is 0 Å². The molecule has 0 amide bonds. The molecule has 6 heteroatoms. The number of carbonyl (C=O) groups excluding carboxylic acids is 2. The quantitative estimate of drug-likeness (QED) is 0.620. The van der Waals surface area contributed by atoms with E-state index in [1.165, 1.54) is 25.4 Å². The Morgan fingerprint density at radius 2 is 2.28 bits per heavy atom. The molecule has 0 radical (unpaired) electrons. The first-order valence-electron chi connectivity index (χ1n) is 5.81. The van der Waals surface area contributed by atoms with E-state index >= 15 is 0 Å². The summed E-state index contributed by atoms with van der Waals surface area (Å²) in [6.07, 6.45) is 1.96. The number of carbonyl (C=O) groups is 2. The van der Waals surface area contributed by atoms with Crippen LogP contribution in [0.15, 0.2) is 0 Å². The van der Waals surface area contributed by atoms with Gasteiger partial charge in [0.1, 0.15) is 4.88 Å². The van der Waals surface area contributed by atoms with Crippen molar-refractivity contribution < 1.29 is 19.1 Å². The van der Waals surface area contributed by atoms with E-state index in [2.05, 4.69) is 9.72 Å². The average molecular weight is 269 g/mol. The van der Waals surface area contributed by atoms with Crippen molar-refractivity contribution in [2.45, 2.75) is 25.7 Å². The number of ether oxygens (including phenoxy) is 2. The molecular formula is C12H15NO4S. The van der Waals surface area contributed by atoms with Gasteiger partial charge in [0, 0.05) is 19.4 Å². The Kier molecular flexibility index (Phi) is 4.08. The molecule has 2 rings (SSSR count). The topological polar surface area (TPSA) is 65.5 Å². The predicted molar refractivity (Wildman–Crippen MR) is 66.3 cm³/mol. The highest BCUT2D eigenvalue weighted by atomic mass is 32.1. The van der Waals surface area contributed by atoms with E-state index in [4.69, 9.17) is 4.74 Å². The van der Waals surface area contributed by atoms with Crippen LogP contribution in [-0.2, 0) is 9.47 Å². The van der Waals surface area contributed by atoms with Crippen molar-refractivity contribution in [3.63, 3.8) is 0 Å². The first-order chi connectivity index (χ1) is 8.63. The number of hydrogen-bond acceptors (Lipinski definition) is 6. The van der Waals surface area contributed by atoms with Crippen LogP contribution in [0.4, 0.5) is 0 Å². The van der Waals surface area contributed by atoms with Gasteiger partial charge in [0.25, 0.3) is 0 Å². The van der Waals surface area contributed by atoms with Gasteiger partial charge in [-0.3, -0.25) is 4.79 Å². The molecule has 1 fully saturated rings. The summed E-state index contributed by atoms with van der Waals surface area (Å²) < 4.78 is 10.0. The molecule has 5 nitrogen and oxygen atoms in total. The van der Waals surface area contributed by atoms with Gasteiger partial charge in [0.05, 0.1) is 18.7 Å². The van der Waals surface area contributed by atoms with Crippen molar-refractivity contribution >= 4 is 23.1 Å². The van der Waals surface area contributed by atoms with E-state index in [0.717, 1.165) is 24.5 Å². The molecule has 0 spiro atoms. The lowest BCUT2D eigenvalue weighted by molar-refractivity contribution is 0.0589. The molecule has 18 heavy (non-hydrogen) atoms. The Balaban J connectivity index is 2.32. The fraction of sp³-hybridized carbons (Fsp3) is 0.583. The molecule has 1 saturated heterocycles. The second kappa shape index (κ2) is 5.58. The first-order valence-corrected chi connectivity index (χ1v) is 6.63. The van der Waals surface area contributed by atoms with Crippen LogP contribution in [-0.4, -0.2) is 37.1 Å². The van der Waals surface area contributed by atoms with E-state index < -0.39 is 5.97 Å². The van der Waals surface area contributed by atoms with Crippen LogP contribution in [0.5, 0.6) is 0 Å². The zero-order valence-electron chi connectivity index (χ0n) is 10.4. The van der Waals surface area contributed by atoms with Crippen LogP contribution in [0, 0.1) is 0 Å². The molecule has 1 aliphatic rings. The molecule has 1 unspecified atom stereocenters. The highest BCUT2D eigenvalue weighted by Gasteiger charge is 2.26. The Hall–Kier alpha value is -1.27. The molecule has 0 saturated carbocycles. The number of ketones is 1. The molecule has 1 aromatic rings. The van der Waals surface area contributed by atoms with Gasteiger partial charge in [-0.25, -0.2) is 9.78 Å². The van der Waals surface area contributed by atoms with Crippen LogP contribution in [0.1, 0.15) is 50.9 Å². The number of Topliss-reactive ketones (excluding diaryl/α,β-unsaturated/α-hetero) is 1. The first kappa shape index (κ1) is 13.2. The van der Waals surface area contributed by atoms with Crippen molar-refractivity contribution in [1.82, 2.24) is 4.98 Å². The number of nitrogens with zero attached hydrogens (tertiary/aromatic N) is 1. The SMILES string of the molecule is COC(=O)c1nc(C2CCCOC2)sc1C(C)=O. The van der Waals surface area contributed by atoms with Crippen LogP contribution >= 0.6 is 11.3 Å². The number of thiazole rings is 1. The minimum atomic E-state index is -0.556. The molecule has 1 aromatic heterocycles. The third kappa shape index (κ3) is 2.59. The third-order valence-corrected chi connectivity index (χ3v) is 4.17. The molecule has 1 aliphatic heterocycles. The van der Waals surface area contributed by atoms with E-state index in [0.29, 0.717) is 11.5 Å². The van der Waals surface area contributed by atoms with Gasteiger partial charge in [-0.05, 0) is 12.8 Å². The molecule has 0 bridgehead atoms. The standard InChI is InChI=1S/C12H15NO4S/c1-7(14)10-9(12(15)16-2)13-11(18-10)8-4-3-5-17-6-8/h8H,3-6H2,1-2H3. The zero-order chi connectivity index (χ0) is 13.1. The van der Waals surface area contributed by atoms with Crippen LogP contribution in [0.3, 0.4) is 0 Å². The van der Waals surface area contributed by atoms with Crippen molar-refractivity contribution in [2.75, 3.05) is 20.3 Å². The third-order valence-electron chi connectivity index (χ3n) is 2.85. The van der Waals surface area contributed by atoms with Gasteiger partial charge < -0.3 is 9.47 Å². The Morgan fingerprint density at radius 1 is 1.50 bits per heavy atom. The minimum Gasteiger partial charge on any atom is -0.464 e. The van der Waals surface area contributed by atoms with Crippen molar-refractivity contribution in [2.24, 2.45) is 0 Å². The van der Waals surface area contributed by atoms with Gasteiger partial charge in [0.2, 0.25) is 0 Å². The summed E-state index contributed by atoms with van der Waals surface area (Å²) >= 11 is 1.28. The van der Waals surface area contributed by atoms with Crippen molar-refractivity contribution in [1.29, 1.82) is 0 Å². The fourth-order valence-electron chi connectivity index (χ4n) is 1.92. The molecule has 1 atom stereocenters. The monoisotopic (exact) mass is 269 g/mol. The molecule has 0 aliphatic carbocycles. The molecule has 0 aromatic carbocycles. The predicted octanol–water partition coefficient (Wildman–Crippen LogP) is 2.03. The number of methoxy groups -OCH3 is 1. The maximum Gasteiger partial charge on any atom is 0.358 e. The van der Waals surface area contributed by atoms with Gasteiger partial charge in [0.15, 0.2) is 11.5 Å². The number of esters is 1. The summed E-state index contributed by atoms with van der Waals surface area (Å²) in [6.45, 7) is 2.80. The van der Waals surface area contributed by atoms with Crippen LogP contribution < -0.4 is 0 Å². The van der Waals surface area contributed by atoms with Crippen molar-refractivity contribution in [3.8, 4) is 0 Å². The maximum absolute atomic E-state index is 11.6. The Morgan fingerprint density at radius 3 is 2.83 bits per heavy atom. The summed E-state index contributed by atoms with van der Waals surface area (Å²) in [6, 6.07) is 0. The van der Waals surface area contributed by atoms with E-state index in [1.807, 2.05) is 0 Å². The lowest BCUT2D eigenvalue weighted by Gasteiger charge is -2.19. The Labute approximate surface area is 109 Å². The summed E-state index contributed by atoms with van der Waals surface area (Å²) in [5.74, 6) is -0.532. The average Bonchev–Trinajstić information content (AvgIpc) is 2.84. The summed E-state index contributed by atoms with van der Waals surface area (Å²) in [5.41, 5.74) is 0.135. The summed E-state index contributed by atoms with van der Waals surface area (Å²) in [4.78, 5) is 27.7. The fourth-order valence-corrected chi connectivity index (χ4v) is 2.99. The normalized spacial score (nSPS) is 19.6.